The fourth-order valence-electron chi connectivity index (χ4n) is 3.05. The topological polar surface area (TPSA) is 32.3 Å². The van der Waals surface area contributed by atoms with Crippen molar-refractivity contribution in [1.82, 2.24) is 10.2 Å². The van der Waals surface area contributed by atoms with Gasteiger partial charge in [-0.1, -0.05) is 45.0 Å². The van der Waals surface area contributed by atoms with E-state index in [1.807, 2.05) is 4.90 Å². The Morgan fingerprint density at radius 2 is 1.90 bits per heavy atom. The van der Waals surface area contributed by atoms with Crippen molar-refractivity contribution in [3.8, 4) is 0 Å². The molecule has 3 nitrogen and oxygen atoms in total. The number of carbonyl (C=O) groups is 1. The molecule has 0 radical (unpaired) electrons. The van der Waals surface area contributed by atoms with E-state index in [4.69, 9.17) is 0 Å². The largest absolute Gasteiger partial charge is 0.337 e. The van der Waals surface area contributed by atoms with Crippen LogP contribution in [0.25, 0.3) is 0 Å². The second-order valence-electron chi connectivity index (χ2n) is 7.03. The number of piperidine rings is 1. The maximum Gasteiger partial charge on any atom is 0.317 e. The molecule has 2 amide bonds. The van der Waals surface area contributed by atoms with Crippen molar-refractivity contribution in [2.45, 2.75) is 46.0 Å². The number of hydrogen-bond donors (Lipinski definition) is 1. The summed E-state index contributed by atoms with van der Waals surface area (Å²) in [7, 11) is 0. The van der Waals surface area contributed by atoms with Gasteiger partial charge in [0.05, 0.1) is 0 Å². The van der Waals surface area contributed by atoms with Gasteiger partial charge >= 0.3 is 6.03 Å². The minimum Gasteiger partial charge on any atom is -0.337 e. The molecule has 116 valence electrons. The molecule has 0 atom stereocenters. The Hall–Kier alpha value is -1.51. The Kier molecular flexibility index (Phi) is 4.92. The van der Waals surface area contributed by atoms with Crippen LogP contribution in [0.2, 0.25) is 0 Å². The normalized spacial score (nSPS) is 16.9. The Bertz CT molecular complexity index is 488. The molecule has 1 saturated heterocycles. The molecule has 0 spiro atoms. The molecule has 21 heavy (non-hydrogen) atoms. The molecule has 3 heteroatoms. The van der Waals surface area contributed by atoms with Crippen molar-refractivity contribution in [2.24, 2.45) is 5.92 Å². The molecule has 0 bridgehead atoms. The third-order valence-electron chi connectivity index (χ3n) is 4.63. The average Bonchev–Trinajstić information content (AvgIpc) is 2.46. The second kappa shape index (κ2) is 6.50. The lowest BCUT2D eigenvalue weighted by molar-refractivity contribution is 0.172. The number of carbonyl (C=O) groups excluding carboxylic acids is 1. The van der Waals surface area contributed by atoms with E-state index in [-0.39, 0.29) is 11.4 Å². The number of benzene rings is 1. The maximum atomic E-state index is 12.3. The van der Waals surface area contributed by atoms with Gasteiger partial charge in [-0.15, -0.1) is 0 Å². The quantitative estimate of drug-likeness (QED) is 0.903. The highest BCUT2D eigenvalue weighted by Crippen LogP contribution is 2.25. The number of hydrogen-bond acceptors (Lipinski definition) is 1. The molecule has 0 aliphatic carbocycles. The highest BCUT2D eigenvalue weighted by molar-refractivity contribution is 5.74. The van der Waals surface area contributed by atoms with Gasteiger partial charge in [0.25, 0.3) is 0 Å². The van der Waals surface area contributed by atoms with Crippen LogP contribution in [-0.4, -0.2) is 30.6 Å². The molecule has 0 saturated carbocycles. The summed E-state index contributed by atoms with van der Waals surface area (Å²) in [5.74, 6) is 0.748. The fourth-order valence-corrected chi connectivity index (χ4v) is 3.05. The van der Waals surface area contributed by atoms with Crippen molar-refractivity contribution in [3.05, 3.63) is 35.4 Å². The van der Waals surface area contributed by atoms with Gasteiger partial charge in [0.15, 0.2) is 0 Å². The zero-order chi connectivity index (χ0) is 15.5. The first kappa shape index (κ1) is 15.9. The van der Waals surface area contributed by atoms with Crippen LogP contribution in [0.1, 0.15) is 44.7 Å². The van der Waals surface area contributed by atoms with Gasteiger partial charge in [0.1, 0.15) is 0 Å². The highest BCUT2D eigenvalue weighted by atomic mass is 16.2. The van der Waals surface area contributed by atoms with Crippen molar-refractivity contribution >= 4 is 6.03 Å². The van der Waals surface area contributed by atoms with E-state index < -0.39 is 0 Å². The predicted molar refractivity (Wildman–Crippen MR) is 87.6 cm³/mol. The molecule has 1 heterocycles. The van der Waals surface area contributed by atoms with Gasteiger partial charge < -0.3 is 10.2 Å². The van der Waals surface area contributed by atoms with E-state index in [9.17, 15) is 4.79 Å². The molecule has 1 fully saturated rings. The minimum atomic E-state index is -0.0515. The molecule has 2 rings (SSSR count). The third-order valence-corrected chi connectivity index (χ3v) is 4.63. The van der Waals surface area contributed by atoms with Gasteiger partial charge in [0, 0.05) is 25.0 Å². The second-order valence-corrected chi connectivity index (χ2v) is 7.03. The van der Waals surface area contributed by atoms with E-state index in [2.05, 4.69) is 57.3 Å². The first-order chi connectivity index (χ1) is 9.90. The SMILES string of the molecule is Cc1ccccc1C(C)(C)CNC(=O)N1CCC(C)CC1. The van der Waals surface area contributed by atoms with Crippen molar-refractivity contribution < 1.29 is 4.79 Å². The van der Waals surface area contributed by atoms with Crippen LogP contribution < -0.4 is 5.32 Å². The first-order valence-corrected chi connectivity index (χ1v) is 7.99. The molecule has 1 aliphatic rings. The molecular weight excluding hydrogens is 260 g/mol. The Morgan fingerprint density at radius 1 is 1.29 bits per heavy atom. The number of rotatable bonds is 3. The Labute approximate surface area is 128 Å². The van der Waals surface area contributed by atoms with Crippen LogP contribution in [0.15, 0.2) is 24.3 Å². The number of urea groups is 1. The van der Waals surface area contributed by atoms with Gasteiger partial charge in [0.2, 0.25) is 0 Å². The van der Waals surface area contributed by atoms with Crippen LogP contribution in [0.5, 0.6) is 0 Å². The molecular formula is C18H28N2O. The zero-order valence-electron chi connectivity index (χ0n) is 13.8. The molecule has 1 aromatic rings. The van der Waals surface area contributed by atoms with Crippen molar-refractivity contribution in [2.75, 3.05) is 19.6 Å². The van der Waals surface area contributed by atoms with E-state index >= 15 is 0 Å². The average molecular weight is 288 g/mol. The van der Waals surface area contributed by atoms with Gasteiger partial charge in [-0.2, -0.15) is 0 Å². The van der Waals surface area contributed by atoms with E-state index in [1.165, 1.54) is 11.1 Å². The van der Waals surface area contributed by atoms with Crippen LogP contribution in [-0.2, 0) is 5.41 Å². The summed E-state index contributed by atoms with van der Waals surface area (Å²) in [6.07, 6.45) is 2.24. The van der Waals surface area contributed by atoms with E-state index in [1.54, 1.807) is 0 Å². The number of nitrogens with one attached hydrogen (secondary N) is 1. The van der Waals surface area contributed by atoms with Crippen molar-refractivity contribution in [3.63, 3.8) is 0 Å². The summed E-state index contributed by atoms with van der Waals surface area (Å²) in [4.78, 5) is 14.2. The van der Waals surface area contributed by atoms with Crippen LogP contribution in [0, 0.1) is 12.8 Å². The third kappa shape index (κ3) is 3.99. The summed E-state index contributed by atoms with van der Waals surface area (Å²) >= 11 is 0. The monoisotopic (exact) mass is 288 g/mol. The number of amides is 2. The summed E-state index contributed by atoms with van der Waals surface area (Å²) in [6.45, 7) is 11.2. The molecule has 0 aromatic heterocycles. The molecule has 1 N–H and O–H groups in total. The summed E-state index contributed by atoms with van der Waals surface area (Å²) in [5.41, 5.74) is 2.53. The van der Waals surface area contributed by atoms with Gasteiger partial charge in [-0.25, -0.2) is 4.79 Å². The lowest BCUT2D eigenvalue weighted by atomic mass is 9.82. The van der Waals surface area contributed by atoms with E-state index in [0.717, 1.165) is 31.8 Å². The summed E-state index contributed by atoms with van der Waals surface area (Å²) in [5, 5.41) is 3.12. The molecule has 0 unspecified atom stereocenters. The van der Waals surface area contributed by atoms with Gasteiger partial charge in [-0.05, 0) is 36.8 Å². The Balaban J connectivity index is 1.92. The fraction of sp³-hybridized carbons (Fsp3) is 0.611. The van der Waals surface area contributed by atoms with Crippen LogP contribution in [0.3, 0.4) is 0 Å². The number of likely N-dealkylation sites (tertiary alicyclic amines) is 1. The van der Waals surface area contributed by atoms with Gasteiger partial charge in [-0.3, -0.25) is 0 Å². The minimum absolute atomic E-state index is 0.0515. The molecule has 1 aromatic carbocycles. The highest BCUT2D eigenvalue weighted by Gasteiger charge is 2.25. The van der Waals surface area contributed by atoms with Crippen LogP contribution in [0.4, 0.5) is 4.79 Å². The lowest BCUT2D eigenvalue weighted by Gasteiger charge is -2.33. The number of nitrogens with zero attached hydrogens (tertiary/aromatic N) is 1. The zero-order valence-corrected chi connectivity index (χ0v) is 13.8. The molecule has 1 aliphatic heterocycles. The number of aryl methyl sites for hydroxylation is 1. The first-order valence-electron chi connectivity index (χ1n) is 7.99. The van der Waals surface area contributed by atoms with Crippen LogP contribution >= 0.6 is 0 Å². The van der Waals surface area contributed by atoms with Crippen molar-refractivity contribution in [1.29, 1.82) is 0 Å². The Morgan fingerprint density at radius 3 is 2.52 bits per heavy atom. The smallest absolute Gasteiger partial charge is 0.317 e. The van der Waals surface area contributed by atoms with E-state index in [0.29, 0.717) is 6.54 Å². The standard InChI is InChI=1S/C18H28N2O/c1-14-9-11-20(12-10-14)17(21)19-13-18(3,4)16-8-6-5-7-15(16)2/h5-8,14H,9-13H2,1-4H3,(H,19,21). The summed E-state index contributed by atoms with van der Waals surface area (Å²) < 4.78 is 0. The summed E-state index contributed by atoms with van der Waals surface area (Å²) in [6, 6.07) is 8.50. The maximum absolute atomic E-state index is 12.3. The lowest BCUT2D eigenvalue weighted by Crippen LogP contribution is -2.47. The predicted octanol–water partition coefficient (Wildman–Crippen LogP) is 3.71.